The largest absolute Gasteiger partial charge is 0.497 e. The minimum absolute atomic E-state index is 0.0561. The van der Waals surface area contributed by atoms with Crippen LogP contribution in [0.5, 0.6) is 5.75 Å². The van der Waals surface area contributed by atoms with E-state index in [1.807, 2.05) is 0 Å². The van der Waals surface area contributed by atoms with E-state index in [1.54, 1.807) is 37.4 Å². The summed E-state index contributed by atoms with van der Waals surface area (Å²) in [5.41, 5.74) is 0.799. The maximum Gasteiger partial charge on any atom is 0.262 e. The van der Waals surface area contributed by atoms with E-state index in [9.17, 15) is 14.0 Å². The highest BCUT2D eigenvalue weighted by atomic mass is 32.2. The third-order valence-corrected chi connectivity index (χ3v) is 5.09. The molecule has 8 nitrogen and oxygen atoms in total. The van der Waals surface area contributed by atoms with E-state index in [0.717, 1.165) is 11.8 Å². The van der Waals surface area contributed by atoms with Crippen molar-refractivity contribution in [3.8, 4) is 11.4 Å². The number of aromatic amines is 1. The summed E-state index contributed by atoms with van der Waals surface area (Å²) in [7, 11) is 1.57. The van der Waals surface area contributed by atoms with Crippen LogP contribution in [0.4, 0.5) is 10.1 Å². The monoisotopic (exact) mass is 425 g/mol. The number of rotatable bonds is 6. The molecule has 0 aliphatic rings. The molecule has 0 fully saturated rings. The van der Waals surface area contributed by atoms with Crippen molar-refractivity contribution in [3.05, 3.63) is 70.9 Å². The fourth-order valence-electron chi connectivity index (χ4n) is 2.76. The normalized spacial score (nSPS) is 10.9. The van der Waals surface area contributed by atoms with Gasteiger partial charge in [-0.1, -0.05) is 23.9 Å². The molecule has 30 heavy (non-hydrogen) atoms. The van der Waals surface area contributed by atoms with Crippen molar-refractivity contribution in [2.24, 2.45) is 0 Å². The number of ether oxygens (including phenoxy) is 1. The predicted molar refractivity (Wildman–Crippen MR) is 112 cm³/mol. The summed E-state index contributed by atoms with van der Waals surface area (Å²) in [5, 5.41) is 7.32. The van der Waals surface area contributed by atoms with E-state index in [1.165, 1.54) is 29.1 Å². The lowest BCUT2D eigenvalue weighted by Crippen LogP contribution is -2.16. The van der Waals surface area contributed by atoms with E-state index < -0.39 is 11.7 Å². The first-order chi connectivity index (χ1) is 14.5. The number of halogens is 1. The van der Waals surface area contributed by atoms with Gasteiger partial charge in [0.2, 0.25) is 5.91 Å². The molecule has 0 radical (unpaired) electrons. The van der Waals surface area contributed by atoms with Gasteiger partial charge in [0.15, 0.2) is 10.8 Å². The first-order valence-corrected chi connectivity index (χ1v) is 9.83. The standard InChI is InChI=1S/C20H16FN5O3S/c1-29-13-8-6-12(7-9-13)26-18-14(10-22-26)19(28)25-20(24-18)30-11-17(27)23-16-5-3-2-4-15(16)21/h2-10H,11H2,1H3,(H,23,27)(H,24,25,28). The molecule has 2 heterocycles. The minimum Gasteiger partial charge on any atom is -0.497 e. The molecule has 2 aromatic carbocycles. The van der Waals surface area contributed by atoms with Crippen molar-refractivity contribution in [1.29, 1.82) is 0 Å². The fraction of sp³-hybridized carbons (Fsp3) is 0.100. The van der Waals surface area contributed by atoms with E-state index in [0.29, 0.717) is 22.5 Å². The molecule has 0 bridgehead atoms. The number of anilines is 1. The van der Waals surface area contributed by atoms with E-state index in [-0.39, 0.29) is 22.2 Å². The number of carbonyl (C=O) groups is 1. The van der Waals surface area contributed by atoms with Crippen molar-refractivity contribution < 1.29 is 13.9 Å². The van der Waals surface area contributed by atoms with Crippen LogP contribution in [0.15, 0.2) is 64.7 Å². The molecule has 0 saturated heterocycles. The highest BCUT2D eigenvalue weighted by molar-refractivity contribution is 7.99. The summed E-state index contributed by atoms with van der Waals surface area (Å²) in [6.07, 6.45) is 1.44. The highest BCUT2D eigenvalue weighted by Crippen LogP contribution is 2.20. The molecule has 152 valence electrons. The van der Waals surface area contributed by atoms with Crippen molar-refractivity contribution in [3.63, 3.8) is 0 Å². The Hall–Kier alpha value is -3.66. The summed E-state index contributed by atoms with van der Waals surface area (Å²) in [6, 6.07) is 13.0. The number of H-pyrrole nitrogens is 1. The average Bonchev–Trinajstić information content (AvgIpc) is 3.18. The van der Waals surface area contributed by atoms with Crippen LogP contribution in [-0.4, -0.2) is 38.5 Å². The molecule has 2 aromatic heterocycles. The zero-order chi connectivity index (χ0) is 21.1. The lowest BCUT2D eigenvalue weighted by molar-refractivity contribution is -0.113. The predicted octanol–water partition coefficient (Wildman–Crippen LogP) is 2.99. The second-order valence-electron chi connectivity index (χ2n) is 6.18. The van der Waals surface area contributed by atoms with Crippen LogP contribution < -0.4 is 15.6 Å². The number of nitrogens with one attached hydrogen (secondary N) is 2. The van der Waals surface area contributed by atoms with Crippen LogP contribution in [0.3, 0.4) is 0 Å². The lowest BCUT2D eigenvalue weighted by Gasteiger charge is -2.07. The number of methoxy groups -OCH3 is 1. The molecule has 0 aliphatic carbocycles. The van der Waals surface area contributed by atoms with Gasteiger partial charge in [-0.3, -0.25) is 9.59 Å². The Morgan fingerprint density at radius 3 is 2.73 bits per heavy atom. The molecule has 2 N–H and O–H groups in total. The first kappa shape index (κ1) is 19.6. The Bertz CT molecular complexity index is 1270. The summed E-state index contributed by atoms with van der Waals surface area (Å²) >= 11 is 1.03. The Kier molecular flexibility index (Phi) is 5.48. The number of nitrogens with zero attached hydrogens (tertiary/aromatic N) is 3. The van der Waals surface area contributed by atoms with Gasteiger partial charge in [0.1, 0.15) is 17.0 Å². The van der Waals surface area contributed by atoms with Gasteiger partial charge in [-0.05, 0) is 36.4 Å². The van der Waals surface area contributed by atoms with Gasteiger partial charge < -0.3 is 15.0 Å². The van der Waals surface area contributed by atoms with Crippen LogP contribution >= 0.6 is 11.8 Å². The maximum absolute atomic E-state index is 13.7. The van der Waals surface area contributed by atoms with Crippen molar-refractivity contribution in [1.82, 2.24) is 19.7 Å². The zero-order valence-corrected chi connectivity index (χ0v) is 16.6. The Morgan fingerprint density at radius 1 is 1.23 bits per heavy atom. The molecule has 10 heteroatoms. The summed E-state index contributed by atoms with van der Waals surface area (Å²) in [5.74, 6) is -0.304. The van der Waals surface area contributed by atoms with Gasteiger partial charge >= 0.3 is 0 Å². The topological polar surface area (TPSA) is 102 Å². The molecule has 0 atom stereocenters. The van der Waals surface area contributed by atoms with Gasteiger partial charge in [-0.2, -0.15) is 5.10 Å². The fourth-order valence-corrected chi connectivity index (χ4v) is 3.42. The number of fused-ring (bicyclic) bond motifs is 1. The van der Waals surface area contributed by atoms with Crippen molar-refractivity contribution in [2.45, 2.75) is 5.16 Å². The third kappa shape index (κ3) is 4.03. The highest BCUT2D eigenvalue weighted by Gasteiger charge is 2.14. The number of para-hydroxylation sites is 1. The average molecular weight is 425 g/mol. The molecular weight excluding hydrogens is 409 g/mol. The first-order valence-electron chi connectivity index (χ1n) is 8.85. The summed E-state index contributed by atoms with van der Waals surface area (Å²) < 4.78 is 20.3. The third-order valence-electron chi connectivity index (χ3n) is 4.22. The zero-order valence-electron chi connectivity index (χ0n) is 15.8. The summed E-state index contributed by atoms with van der Waals surface area (Å²) in [6.45, 7) is 0. The van der Waals surface area contributed by atoms with Crippen LogP contribution in [0.1, 0.15) is 0 Å². The number of amides is 1. The van der Waals surface area contributed by atoms with E-state index >= 15 is 0 Å². The molecule has 4 rings (SSSR count). The molecule has 0 saturated carbocycles. The number of benzene rings is 2. The number of hydrogen-bond acceptors (Lipinski definition) is 6. The summed E-state index contributed by atoms with van der Waals surface area (Å²) in [4.78, 5) is 31.6. The Balaban J connectivity index is 1.55. The van der Waals surface area contributed by atoms with Gasteiger partial charge in [-0.15, -0.1) is 0 Å². The van der Waals surface area contributed by atoms with Crippen LogP contribution in [0.2, 0.25) is 0 Å². The maximum atomic E-state index is 13.7. The van der Waals surface area contributed by atoms with Gasteiger partial charge in [0.05, 0.1) is 30.4 Å². The van der Waals surface area contributed by atoms with Crippen molar-refractivity contribution in [2.75, 3.05) is 18.2 Å². The second kappa shape index (κ2) is 8.37. The molecule has 1 amide bonds. The van der Waals surface area contributed by atoms with E-state index in [2.05, 4.69) is 20.4 Å². The second-order valence-corrected chi connectivity index (χ2v) is 7.14. The molecule has 0 spiro atoms. The van der Waals surface area contributed by atoms with Gasteiger partial charge in [0.25, 0.3) is 5.56 Å². The molecular formula is C20H16FN5O3S. The van der Waals surface area contributed by atoms with Crippen LogP contribution in [0, 0.1) is 5.82 Å². The minimum atomic E-state index is -0.521. The number of aromatic nitrogens is 4. The smallest absolute Gasteiger partial charge is 0.262 e. The van der Waals surface area contributed by atoms with Gasteiger partial charge in [0, 0.05) is 0 Å². The van der Waals surface area contributed by atoms with Crippen LogP contribution in [0.25, 0.3) is 16.7 Å². The quantitative estimate of drug-likeness (QED) is 0.364. The lowest BCUT2D eigenvalue weighted by atomic mass is 10.3. The SMILES string of the molecule is COc1ccc(-n2ncc3c(=O)[nH]c(SCC(=O)Nc4ccccc4F)nc32)cc1. The Morgan fingerprint density at radius 2 is 2.00 bits per heavy atom. The molecule has 0 unspecified atom stereocenters. The number of hydrogen-bond donors (Lipinski definition) is 2. The number of carbonyl (C=O) groups excluding carboxylic acids is 1. The number of thioether (sulfide) groups is 1. The van der Waals surface area contributed by atoms with Crippen LogP contribution in [-0.2, 0) is 4.79 Å². The van der Waals surface area contributed by atoms with Gasteiger partial charge in [-0.25, -0.2) is 14.1 Å². The Labute approximate surface area is 174 Å². The molecule has 4 aromatic rings. The molecule has 0 aliphatic heterocycles. The van der Waals surface area contributed by atoms with Crippen molar-refractivity contribution >= 4 is 34.4 Å². The van der Waals surface area contributed by atoms with E-state index in [4.69, 9.17) is 4.74 Å².